The number of urea groups is 1. The second kappa shape index (κ2) is 8.58. The lowest BCUT2D eigenvalue weighted by Gasteiger charge is -2.15. The van der Waals surface area contributed by atoms with Gasteiger partial charge in [-0.25, -0.2) is 23.6 Å². The van der Waals surface area contributed by atoms with Gasteiger partial charge in [0.1, 0.15) is 17.1 Å². The maximum absolute atomic E-state index is 12.0. The zero-order valence-electron chi connectivity index (χ0n) is 14.8. The van der Waals surface area contributed by atoms with E-state index in [-0.39, 0.29) is 18.1 Å². The average molecular weight is 433 g/mol. The van der Waals surface area contributed by atoms with Gasteiger partial charge in [-0.3, -0.25) is 14.8 Å². The molecule has 0 fully saturated rings. The summed E-state index contributed by atoms with van der Waals surface area (Å²) in [6.45, 7) is 3.82. The number of carbonyl (C=O) groups excluding carboxylic acids is 1. The third kappa shape index (κ3) is 5.30. The number of hydrogen-bond acceptors (Lipinski definition) is 7. The van der Waals surface area contributed by atoms with Crippen LogP contribution in [0.15, 0.2) is 55.3 Å². The molecule has 12 heteroatoms. The van der Waals surface area contributed by atoms with Gasteiger partial charge in [0.2, 0.25) is 0 Å². The summed E-state index contributed by atoms with van der Waals surface area (Å²) in [5.41, 5.74) is 1.93. The number of aromatic nitrogens is 3. The number of fused-ring (bicyclic) bond motifs is 1. The molecule has 10 nitrogen and oxygen atoms in total. The Balaban J connectivity index is 1.88. The first-order valence-corrected chi connectivity index (χ1v) is 10.1. The Bertz CT molecular complexity index is 1110. The van der Waals surface area contributed by atoms with Gasteiger partial charge in [-0.2, -0.15) is 0 Å². The van der Waals surface area contributed by atoms with Gasteiger partial charge in [0, 0.05) is 12.1 Å². The zero-order valence-corrected chi connectivity index (χ0v) is 16.6. The summed E-state index contributed by atoms with van der Waals surface area (Å²) in [6.07, 6.45) is 3.08. The van der Waals surface area contributed by atoms with E-state index >= 15 is 0 Å². The highest BCUT2D eigenvalue weighted by Crippen LogP contribution is 2.37. The second-order valence-electron chi connectivity index (χ2n) is 5.66. The Morgan fingerprint density at radius 2 is 1.97 bits per heavy atom. The number of rotatable bonds is 6. The van der Waals surface area contributed by atoms with Gasteiger partial charge in [-0.15, -0.1) is 6.58 Å². The number of thiol groups is 1. The van der Waals surface area contributed by atoms with Crippen LogP contribution in [0.25, 0.3) is 22.4 Å². The Kier molecular flexibility index (Phi) is 6.14. The summed E-state index contributed by atoms with van der Waals surface area (Å²) < 4.78 is 16.5. The van der Waals surface area contributed by atoms with Crippen molar-refractivity contribution in [2.75, 3.05) is 10.8 Å². The molecule has 3 rings (SSSR count). The van der Waals surface area contributed by atoms with Crippen molar-refractivity contribution in [3.8, 4) is 17.0 Å². The SMILES string of the molecule is C=CCNC(=O)N(S)c1ccc2ncc(-c3ccc(OP(=O)(O)O)cc3)nc2n1. The predicted octanol–water partition coefficient (Wildman–Crippen LogP) is 2.71. The highest BCUT2D eigenvalue weighted by atomic mass is 32.1. The van der Waals surface area contributed by atoms with Crippen molar-refractivity contribution >= 4 is 43.7 Å². The molecule has 0 atom stereocenters. The van der Waals surface area contributed by atoms with E-state index in [0.717, 1.165) is 4.31 Å². The first-order valence-electron chi connectivity index (χ1n) is 8.14. The van der Waals surface area contributed by atoms with Crippen molar-refractivity contribution < 1.29 is 23.7 Å². The number of anilines is 1. The lowest BCUT2D eigenvalue weighted by molar-refractivity contribution is 0.250. The maximum atomic E-state index is 12.0. The summed E-state index contributed by atoms with van der Waals surface area (Å²) in [5.74, 6) is 0.284. The zero-order chi connectivity index (χ0) is 21.0. The molecule has 0 aliphatic carbocycles. The molecule has 1 aromatic carbocycles. The summed E-state index contributed by atoms with van der Waals surface area (Å²) in [6, 6.07) is 8.76. The van der Waals surface area contributed by atoms with Crippen molar-refractivity contribution in [3.63, 3.8) is 0 Å². The van der Waals surface area contributed by atoms with E-state index in [1.165, 1.54) is 18.3 Å². The Hall–Kier alpha value is -2.98. The number of carbonyl (C=O) groups is 1. The first kappa shape index (κ1) is 20.7. The molecule has 0 radical (unpaired) electrons. The van der Waals surface area contributed by atoms with E-state index in [4.69, 9.17) is 9.79 Å². The summed E-state index contributed by atoms with van der Waals surface area (Å²) >= 11 is 4.15. The fraction of sp³-hybridized carbons (Fsp3) is 0.0588. The van der Waals surface area contributed by atoms with Crippen molar-refractivity contribution in [2.24, 2.45) is 0 Å². The number of phosphoric acid groups is 1. The van der Waals surface area contributed by atoms with E-state index in [1.54, 1.807) is 30.3 Å². The van der Waals surface area contributed by atoms with Crippen LogP contribution in [0, 0.1) is 0 Å². The number of phosphoric ester groups is 1. The molecule has 2 heterocycles. The summed E-state index contributed by atoms with van der Waals surface area (Å²) in [4.78, 5) is 42.8. The fourth-order valence-corrected chi connectivity index (χ4v) is 2.89. The molecule has 0 aliphatic heterocycles. The lowest BCUT2D eigenvalue weighted by atomic mass is 10.1. The summed E-state index contributed by atoms with van der Waals surface area (Å²) in [7, 11) is -4.63. The van der Waals surface area contributed by atoms with Crippen molar-refractivity contribution in [1.82, 2.24) is 20.3 Å². The molecule has 0 spiro atoms. The van der Waals surface area contributed by atoms with Crippen LogP contribution in [0.1, 0.15) is 0 Å². The quantitative estimate of drug-likeness (QED) is 0.265. The third-order valence-electron chi connectivity index (χ3n) is 3.57. The minimum Gasteiger partial charge on any atom is -0.404 e. The topological polar surface area (TPSA) is 138 Å². The van der Waals surface area contributed by atoms with Crippen LogP contribution in [0.2, 0.25) is 0 Å². The van der Waals surface area contributed by atoms with Crippen molar-refractivity contribution in [3.05, 3.63) is 55.3 Å². The van der Waals surface area contributed by atoms with Crippen LogP contribution in [0.3, 0.4) is 0 Å². The molecule has 150 valence electrons. The van der Waals surface area contributed by atoms with E-state index in [2.05, 4.69) is 44.2 Å². The van der Waals surface area contributed by atoms with Crippen molar-refractivity contribution in [1.29, 1.82) is 0 Å². The van der Waals surface area contributed by atoms with E-state index in [9.17, 15) is 9.36 Å². The minimum atomic E-state index is -4.63. The molecule has 0 unspecified atom stereocenters. The molecule has 2 amide bonds. The maximum Gasteiger partial charge on any atom is 0.524 e. The fourth-order valence-electron chi connectivity index (χ4n) is 2.31. The number of amides is 2. The largest absolute Gasteiger partial charge is 0.524 e. The smallest absolute Gasteiger partial charge is 0.404 e. The van der Waals surface area contributed by atoms with Gasteiger partial charge in [-0.1, -0.05) is 18.9 Å². The van der Waals surface area contributed by atoms with Crippen molar-refractivity contribution in [2.45, 2.75) is 0 Å². The number of nitrogens with one attached hydrogen (secondary N) is 1. The minimum absolute atomic E-state index is 0.0208. The molecule has 3 aromatic rings. The lowest BCUT2D eigenvalue weighted by Crippen LogP contribution is -2.34. The number of pyridine rings is 1. The molecule has 29 heavy (non-hydrogen) atoms. The monoisotopic (exact) mass is 433 g/mol. The van der Waals surface area contributed by atoms with Crippen LogP contribution in [0.4, 0.5) is 10.6 Å². The number of benzene rings is 1. The molecule has 0 aliphatic rings. The molecular formula is C17H16N5O5PS. The average Bonchev–Trinajstić information content (AvgIpc) is 2.70. The van der Waals surface area contributed by atoms with Gasteiger partial charge in [0.25, 0.3) is 0 Å². The molecular weight excluding hydrogens is 417 g/mol. The molecule has 3 N–H and O–H groups in total. The van der Waals surface area contributed by atoms with Crippen LogP contribution in [-0.2, 0) is 4.57 Å². The van der Waals surface area contributed by atoms with Crippen LogP contribution in [-0.4, -0.2) is 37.3 Å². The van der Waals surface area contributed by atoms with Gasteiger partial charge >= 0.3 is 13.9 Å². The summed E-state index contributed by atoms with van der Waals surface area (Å²) in [5, 5.41) is 2.59. The van der Waals surface area contributed by atoms with E-state index in [0.29, 0.717) is 22.4 Å². The second-order valence-corrected chi connectivity index (χ2v) is 7.22. The van der Waals surface area contributed by atoms with Gasteiger partial charge in [0.15, 0.2) is 5.65 Å². The predicted molar refractivity (Wildman–Crippen MR) is 111 cm³/mol. The van der Waals surface area contributed by atoms with Crippen LogP contribution in [0.5, 0.6) is 5.75 Å². The van der Waals surface area contributed by atoms with Crippen LogP contribution < -0.4 is 14.1 Å². The van der Waals surface area contributed by atoms with E-state index < -0.39 is 13.9 Å². The van der Waals surface area contributed by atoms with Gasteiger partial charge < -0.3 is 9.84 Å². The molecule has 2 aromatic heterocycles. The molecule has 0 bridgehead atoms. The van der Waals surface area contributed by atoms with Crippen LogP contribution >= 0.6 is 20.6 Å². The standard InChI is InChI=1S/C17H16N5O5PS/c1-2-9-18-17(23)22(29)15-8-7-13-16(21-15)20-14(10-19-13)11-3-5-12(6-4-11)27-28(24,25)26/h2-8,10,29H,1,9H2,(H,18,23)(H2,24,25,26). The Morgan fingerprint density at radius 1 is 1.24 bits per heavy atom. The Morgan fingerprint density at radius 3 is 2.62 bits per heavy atom. The van der Waals surface area contributed by atoms with Gasteiger partial charge in [0.05, 0.1) is 11.9 Å². The Labute approximate surface area is 171 Å². The normalized spacial score (nSPS) is 11.1. The highest BCUT2D eigenvalue weighted by Gasteiger charge is 2.16. The molecule has 0 saturated heterocycles. The third-order valence-corrected chi connectivity index (χ3v) is 4.41. The highest BCUT2D eigenvalue weighted by molar-refractivity contribution is 7.82. The van der Waals surface area contributed by atoms with Gasteiger partial charge in [-0.05, 0) is 36.4 Å². The molecule has 0 saturated carbocycles. The number of hydrogen-bond donors (Lipinski definition) is 4. The first-order chi connectivity index (χ1) is 13.8. The van der Waals surface area contributed by atoms with E-state index in [1.807, 2.05) is 0 Å². The number of nitrogens with zero attached hydrogens (tertiary/aromatic N) is 4.